The molecule has 1 aromatic carbocycles. The lowest BCUT2D eigenvalue weighted by molar-refractivity contribution is -0.132. The first kappa shape index (κ1) is 13.6. The van der Waals surface area contributed by atoms with Crippen LogP contribution >= 0.6 is 0 Å². The van der Waals surface area contributed by atoms with Gasteiger partial charge in [-0.1, -0.05) is 24.3 Å². The number of hydrogen-bond acceptors (Lipinski definition) is 3. The molecule has 1 saturated heterocycles. The average Bonchev–Trinajstić information content (AvgIpc) is 2.96. The van der Waals surface area contributed by atoms with Gasteiger partial charge in [0.25, 0.3) is 0 Å². The highest BCUT2D eigenvalue weighted by Gasteiger charge is 2.33. The first-order valence-corrected chi connectivity index (χ1v) is 7.40. The number of benzene rings is 1. The Bertz CT molecular complexity index is 500. The Morgan fingerprint density at radius 2 is 2.05 bits per heavy atom. The molecule has 0 radical (unpaired) electrons. The number of fused-ring (bicyclic) bond motifs is 1. The highest BCUT2D eigenvalue weighted by molar-refractivity contribution is 5.83. The Morgan fingerprint density at radius 3 is 2.75 bits per heavy atom. The van der Waals surface area contributed by atoms with Gasteiger partial charge in [-0.05, 0) is 38.1 Å². The molecule has 0 aromatic heterocycles. The zero-order valence-corrected chi connectivity index (χ0v) is 12.3. The molecule has 2 aliphatic heterocycles. The fraction of sp³-hybridized carbons (Fsp3) is 0.562. The minimum atomic E-state index is -0.0502. The minimum Gasteiger partial charge on any atom is -0.340 e. The standard InChI is InChI=1S/C16H23N3O/c1-18(2)14-7-8-19(11-14)16(20)15-9-12-5-3-4-6-13(12)10-17-15/h3-6,14-15,17H,7-11H2,1-2H3/t14?,15-/m1/s1. The van der Waals surface area contributed by atoms with Crippen LogP contribution in [0.3, 0.4) is 0 Å². The number of amides is 1. The van der Waals surface area contributed by atoms with E-state index in [2.05, 4.69) is 48.6 Å². The predicted molar refractivity (Wildman–Crippen MR) is 79.4 cm³/mol. The fourth-order valence-electron chi connectivity index (χ4n) is 3.21. The average molecular weight is 273 g/mol. The van der Waals surface area contributed by atoms with Gasteiger partial charge in [-0.15, -0.1) is 0 Å². The summed E-state index contributed by atoms with van der Waals surface area (Å²) < 4.78 is 0. The number of carbonyl (C=O) groups excluding carboxylic acids is 1. The molecule has 0 bridgehead atoms. The fourth-order valence-corrected chi connectivity index (χ4v) is 3.21. The Balaban J connectivity index is 1.65. The SMILES string of the molecule is CN(C)C1CCN(C(=O)[C@H]2Cc3ccccc3CN2)C1. The van der Waals surface area contributed by atoms with Gasteiger partial charge in [-0.25, -0.2) is 0 Å². The van der Waals surface area contributed by atoms with Gasteiger partial charge in [0.1, 0.15) is 0 Å². The van der Waals surface area contributed by atoms with E-state index >= 15 is 0 Å². The maximum Gasteiger partial charge on any atom is 0.240 e. The highest BCUT2D eigenvalue weighted by atomic mass is 16.2. The Hall–Kier alpha value is -1.39. The van der Waals surface area contributed by atoms with Crippen LogP contribution in [0.2, 0.25) is 0 Å². The molecule has 1 unspecified atom stereocenters. The van der Waals surface area contributed by atoms with Crippen LogP contribution in [-0.2, 0) is 17.8 Å². The van der Waals surface area contributed by atoms with Crippen molar-refractivity contribution in [3.63, 3.8) is 0 Å². The zero-order chi connectivity index (χ0) is 14.1. The lowest BCUT2D eigenvalue weighted by Crippen LogP contribution is -2.49. The third-order valence-corrected chi connectivity index (χ3v) is 4.58. The maximum atomic E-state index is 12.6. The van der Waals surface area contributed by atoms with Crippen LogP contribution in [0.25, 0.3) is 0 Å². The van der Waals surface area contributed by atoms with Crippen molar-refractivity contribution in [2.75, 3.05) is 27.2 Å². The molecular formula is C16H23N3O. The van der Waals surface area contributed by atoms with Gasteiger partial charge in [0.2, 0.25) is 5.91 Å². The van der Waals surface area contributed by atoms with E-state index in [1.54, 1.807) is 0 Å². The number of likely N-dealkylation sites (N-methyl/N-ethyl adjacent to an activating group) is 1. The molecule has 1 N–H and O–H groups in total. The second-order valence-electron chi connectivity index (χ2n) is 6.10. The minimum absolute atomic E-state index is 0.0502. The van der Waals surface area contributed by atoms with Crippen LogP contribution in [0.15, 0.2) is 24.3 Å². The number of carbonyl (C=O) groups is 1. The number of hydrogen-bond donors (Lipinski definition) is 1. The maximum absolute atomic E-state index is 12.6. The second kappa shape index (κ2) is 5.54. The molecule has 1 amide bonds. The van der Waals surface area contributed by atoms with E-state index in [-0.39, 0.29) is 11.9 Å². The van der Waals surface area contributed by atoms with Crippen molar-refractivity contribution in [3.8, 4) is 0 Å². The van der Waals surface area contributed by atoms with Crippen molar-refractivity contribution in [3.05, 3.63) is 35.4 Å². The Morgan fingerprint density at radius 1 is 1.30 bits per heavy atom. The molecule has 2 aliphatic rings. The van der Waals surface area contributed by atoms with E-state index in [4.69, 9.17) is 0 Å². The van der Waals surface area contributed by atoms with E-state index in [1.807, 2.05) is 4.90 Å². The molecule has 0 spiro atoms. The van der Waals surface area contributed by atoms with Crippen molar-refractivity contribution in [1.82, 2.24) is 15.1 Å². The molecule has 3 rings (SSSR count). The van der Waals surface area contributed by atoms with Gasteiger partial charge in [0.15, 0.2) is 0 Å². The van der Waals surface area contributed by atoms with Crippen LogP contribution in [-0.4, -0.2) is 55.0 Å². The smallest absolute Gasteiger partial charge is 0.240 e. The Kier molecular flexibility index (Phi) is 3.76. The molecular weight excluding hydrogens is 250 g/mol. The monoisotopic (exact) mass is 273 g/mol. The number of nitrogens with zero attached hydrogens (tertiary/aromatic N) is 2. The van der Waals surface area contributed by atoms with Gasteiger partial charge in [-0.3, -0.25) is 4.79 Å². The topological polar surface area (TPSA) is 35.6 Å². The van der Waals surface area contributed by atoms with Crippen LogP contribution in [0.1, 0.15) is 17.5 Å². The van der Waals surface area contributed by atoms with E-state index < -0.39 is 0 Å². The molecule has 0 saturated carbocycles. The van der Waals surface area contributed by atoms with Crippen molar-refractivity contribution in [1.29, 1.82) is 0 Å². The van der Waals surface area contributed by atoms with E-state index in [1.165, 1.54) is 11.1 Å². The molecule has 108 valence electrons. The van der Waals surface area contributed by atoms with Crippen LogP contribution < -0.4 is 5.32 Å². The third-order valence-electron chi connectivity index (χ3n) is 4.58. The van der Waals surface area contributed by atoms with E-state index in [0.29, 0.717) is 6.04 Å². The molecule has 4 nitrogen and oxygen atoms in total. The zero-order valence-electron chi connectivity index (χ0n) is 12.3. The molecule has 0 aliphatic carbocycles. The quantitative estimate of drug-likeness (QED) is 0.868. The summed E-state index contributed by atoms with van der Waals surface area (Å²) in [6.07, 6.45) is 1.90. The third kappa shape index (κ3) is 2.58. The summed E-state index contributed by atoms with van der Waals surface area (Å²) in [5.74, 6) is 0.267. The molecule has 4 heteroatoms. The second-order valence-corrected chi connectivity index (χ2v) is 6.10. The highest BCUT2D eigenvalue weighted by Crippen LogP contribution is 2.20. The van der Waals surface area contributed by atoms with Crippen molar-refractivity contribution in [2.24, 2.45) is 0 Å². The summed E-state index contributed by atoms with van der Waals surface area (Å²) in [5, 5.41) is 3.39. The lowest BCUT2D eigenvalue weighted by atomic mass is 9.95. The van der Waals surface area contributed by atoms with Crippen LogP contribution in [0.5, 0.6) is 0 Å². The number of nitrogens with one attached hydrogen (secondary N) is 1. The largest absolute Gasteiger partial charge is 0.340 e. The van der Waals surface area contributed by atoms with Crippen LogP contribution in [0.4, 0.5) is 0 Å². The molecule has 2 atom stereocenters. The lowest BCUT2D eigenvalue weighted by Gasteiger charge is -2.29. The summed E-state index contributed by atoms with van der Waals surface area (Å²) in [4.78, 5) is 16.9. The summed E-state index contributed by atoms with van der Waals surface area (Å²) in [6.45, 7) is 2.56. The number of likely N-dealkylation sites (tertiary alicyclic amines) is 1. The van der Waals surface area contributed by atoms with E-state index in [0.717, 1.165) is 32.5 Å². The van der Waals surface area contributed by atoms with Crippen LogP contribution in [0, 0.1) is 0 Å². The molecule has 1 aromatic rings. The molecule has 20 heavy (non-hydrogen) atoms. The Labute approximate surface area is 120 Å². The summed E-state index contributed by atoms with van der Waals surface area (Å²) in [7, 11) is 4.18. The van der Waals surface area contributed by atoms with Gasteiger partial charge in [-0.2, -0.15) is 0 Å². The summed E-state index contributed by atoms with van der Waals surface area (Å²) in [6, 6.07) is 8.86. The van der Waals surface area contributed by atoms with Crippen molar-refractivity contribution < 1.29 is 4.79 Å². The summed E-state index contributed by atoms with van der Waals surface area (Å²) >= 11 is 0. The van der Waals surface area contributed by atoms with E-state index in [9.17, 15) is 4.79 Å². The first-order valence-electron chi connectivity index (χ1n) is 7.40. The first-order chi connectivity index (χ1) is 9.65. The molecule has 2 heterocycles. The van der Waals surface area contributed by atoms with Gasteiger partial charge < -0.3 is 15.1 Å². The number of rotatable bonds is 2. The predicted octanol–water partition coefficient (Wildman–Crippen LogP) is 0.863. The van der Waals surface area contributed by atoms with Gasteiger partial charge in [0, 0.05) is 25.7 Å². The van der Waals surface area contributed by atoms with Crippen molar-refractivity contribution >= 4 is 5.91 Å². The normalized spacial score (nSPS) is 25.9. The summed E-state index contributed by atoms with van der Waals surface area (Å²) in [5.41, 5.74) is 2.64. The van der Waals surface area contributed by atoms with Gasteiger partial charge in [0.05, 0.1) is 6.04 Å². The van der Waals surface area contributed by atoms with Crippen molar-refractivity contribution in [2.45, 2.75) is 31.5 Å². The van der Waals surface area contributed by atoms with Gasteiger partial charge >= 0.3 is 0 Å². The molecule has 1 fully saturated rings.